The summed E-state index contributed by atoms with van der Waals surface area (Å²) in [6.45, 7) is 4.38. The number of allylic oxidation sites excluding steroid dienone is 2. The molecule has 0 heterocycles. The minimum absolute atomic E-state index is 0.0310. The van der Waals surface area contributed by atoms with Gasteiger partial charge in [0, 0.05) is 12.8 Å². The van der Waals surface area contributed by atoms with Crippen LogP contribution in [0.25, 0.3) is 0 Å². The van der Waals surface area contributed by atoms with Gasteiger partial charge in [0.05, 0.1) is 27.7 Å². The molecule has 0 radical (unpaired) electrons. The number of ether oxygens (including phenoxy) is 2. The number of unbranched alkanes of at least 4 members (excludes halogenated alkanes) is 20. The molecule has 0 aliphatic heterocycles. The van der Waals surface area contributed by atoms with E-state index in [0.29, 0.717) is 17.4 Å². The lowest BCUT2D eigenvalue weighted by Gasteiger charge is -2.24. The molecule has 0 aliphatic rings. The Morgan fingerprint density at radius 1 is 0.612 bits per heavy atom. The molecule has 49 heavy (non-hydrogen) atoms. The van der Waals surface area contributed by atoms with Crippen LogP contribution in [-0.2, 0) is 32.7 Å². The highest BCUT2D eigenvalue weighted by Gasteiger charge is 2.27. The monoisotopic (exact) mass is 719 g/mol. The fraction of sp³-hybridized carbons (Fsp3) is 0.897. The highest BCUT2D eigenvalue weighted by molar-refractivity contribution is 7.47. The van der Waals surface area contributed by atoms with Crippen molar-refractivity contribution in [2.24, 2.45) is 0 Å². The van der Waals surface area contributed by atoms with Crippen molar-refractivity contribution in [1.29, 1.82) is 0 Å². The first-order chi connectivity index (χ1) is 23.5. The lowest BCUT2D eigenvalue weighted by molar-refractivity contribution is -0.870. The smallest absolute Gasteiger partial charge is 0.462 e. The summed E-state index contributed by atoms with van der Waals surface area (Å²) in [5, 5.41) is 0. The Balaban J connectivity index is 4.43. The van der Waals surface area contributed by atoms with Gasteiger partial charge in [-0.25, -0.2) is 4.57 Å². The van der Waals surface area contributed by atoms with E-state index < -0.39 is 26.5 Å². The van der Waals surface area contributed by atoms with Crippen molar-refractivity contribution >= 4 is 19.8 Å². The van der Waals surface area contributed by atoms with E-state index in [1.54, 1.807) is 0 Å². The van der Waals surface area contributed by atoms with E-state index in [1.165, 1.54) is 103 Å². The van der Waals surface area contributed by atoms with Crippen molar-refractivity contribution in [1.82, 2.24) is 0 Å². The van der Waals surface area contributed by atoms with Gasteiger partial charge in [-0.2, -0.15) is 0 Å². The van der Waals surface area contributed by atoms with Crippen molar-refractivity contribution in [2.45, 2.75) is 180 Å². The molecule has 0 rings (SSSR count). The number of carbonyl (C=O) groups is 2. The molecule has 0 aliphatic carbocycles. The van der Waals surface area contributed by atoms with Gasteiger partial charge in [-0.3, -0.25) is 18.6 Å². The summed E-state index contributed by atoms with van der Waals surface area (Å²) in [7, 11) is 1.47. The Hall–Kier alpha value is -1.25. The van der Waals surface area contributed by atoms with Crippen LogP contribution in [0, 0.1) is 0 Å². The molecule has 9 nitrogen and oxygen atoms in total. The molecule has 1 N–H and O–H groups in total. The molecule has 0 spiro atoms. The van der Waals surface area contributed by atoms with Gasteiger partial charge < -0.3 is 18.9 Å². The molecular formula is C39H77NO8P+. The van der Waals surface area contributed by atoms with Crippen LogP contribution in [0.5, 0.6) is 0 Å². The van der Waals surface area contributed by atoms with Gasteiger partial charge in [-0.15, -0.1) is 0 Å². The predicted molar refractivity (Wildman–Crippen MR) is 201 cm³/mol. The fourth-order valence-electron chi connectivity index (χ4n) is 5.36. The molecule has 0 aromatic carbocycles. The van der Waals surface area contributed by atoms with E-state index in [0.717, 1.165) is 38.5 Å². The Labute approximate surface area is 301 Å². The Morgan fingerprint density at radius 2 is 1.04 bits per heavy atom. The molecular weight excluding hydrogens is 641 g/mol. The zero-order valence-corrected chi connectivity index (χ0v) is 33.3. The summed E-state index contributed by atoms with van der Waals surface area (Å²) in [4.78, 5) is 35.1. The molecule has 0 bridgehead atoms. The minimum atomic E-state index is -4.37. The van der Waals surface area contributed by atoms with E-state index in [1.807, 2.05) is 21.1 Å². The number of hydrogen-bond donors (Lipinski definition) is 1. The number of quaternary nitrogens is 1. The first kappa shape index (κ1) is 47.8. The van der Waals surface area contributed by atoms with Gasteiger partial charge in [-0.05, 0) is 38.5 Å². The predicted octanol–water partition coefficient (Wildman–Crippen LogP) is 10.6. The zero-order chi connectivity index (χ0) is 36.5. The largest absolute Gasteiger partial charge is 0.472 e. The summed E-state index contributed by atoms with van der Waals surface area (Å²) in [6, 6.07) is 0. The van der Waals surface area contributed by atoms with Gasteiger partial charge in [0.15, 0.2) is 6.10 Å². The number of esters is 2. The summed E-state index contributed by atoms with van der Waals surface area (Å²) < 4.78 is 34.1. The van der Waals surface area contributed by atoms with Crippen molar-refractivity contribution in [3.8, 4) is 0 Å². The Bertz CT molecular complexity index is 860. The van der Waals surface area contributed by atoms with E-state index in [4.69, 9.17) is 18.5 Å². The summed E-state index contributed by atoms with van der Waals surface area (Å²) >= 11 is 0. The highest BCUT2D eigenvalue weighted by Crippen LogP contribution is 2.43. The highest BCUT2D eigenvalue weighted by atomic mass is 31.2. The van der Waals surface area contributed by atoms with Crippen molar-refractivity contribution in [3.05, 3.63) is 12.2 Å². The first-order valence-corrected chi connectivity index (χ1v) is 21.4. The Kier molecular flexibility index (Phi) is 31.8. The third-order valence-corrected chi connectivity index (χ3v) is 9.53. The molecule has 0 saturated heterocycles. The average Bonchev–Trinajstić information content (AvgIpc) is 3.04. The number of rotatable bonds is 36. The van der Waals surface area contributed by atoms with Gasteiger partial charge >= 0.3 is 19.8 Å². The standard InChI is InChI=1S/C39H76NO8P/c1-6-8-10-12-14-16-18-19-20-21-22-24-26-28-30-32-39(42)48-37(36-47-49(43,44)46-34-33-40(3,4)5)35-45-38(41)31-29-27-25-23-17-15-13-11-9-7-2/h22,24,37H,6-21,23,25-36H2,1-5H3/p+1/b24-22+/t37-/m1/s1. The topological polar surface area (TPSA) is 108 Å². The van der Waals surface area contributed by atoms with Crippen LogP contribution in [0.15, 0.2) is 12.2 Å². The minimum Gasteiger partial charge on any atom is -0.462 e. The maximum absolute atomic E-state index is 12.6. The molecule has 0 aromatic heterocycles. The maximum Gasteiger partial charge on any atom is 0.472 e. The van der Waals surface area contributed by atoms with Crippen LogP contribution in [0.2, 0.25) is 0 Å². The number of likely N-dealkylation sites (N-methyl/N-ethyl adjacent to an activating group) is 1. The van der Waals surface area contributed by atoms with Crippen LogP contribution in [0.4, 0.5) is 0 Å². The second-order valence-corrected chi connectivity index (χ2v) is 16.1. The van der Waals surface area contributed by atoms with Crippen molar-refractivity contribution < 1.29 is 42.1 Å². The summed E-state index contributed by atoms with van der Waals surface area (Å²) in [5.74, 6) is -0.821. The molecule has 1 unspecified atom stereocenters. The van der Waals surface area contributed by atoms with Gasteiger partial charge in [-0.1, -0.05) is 135 Å². The van der Waals surface area contributed by atoms with Crippen LogP contribution >= 0.6 is 7.82 Å². The lowest BCUT2D eigenvalue weighted by atomic mass is 10.1. The fourth-order valence-corrected chi connectivity index (χ4v) is 6.10. The van der Waals surface area contributed by atoms with E-state index in [2.05, 4.69) is 26.0 Å². The number of carbonyl (C=O) groups excluding carboxylic acids is 2. The molecule has 290 valence electrons. The van der Waals surface area contributed by atoms with E-state index >= 15 is 0 Å². The molecule has 0 aromatic rings. The summed E-state index contributed by atoms with van der Waals surface area (Å²) in [6.07, 6.45) is 31.2. The normalized spacial score (nSPS) is 13.8. The van der Waals surface area contributed by atoms with Crippen molar-refractivity contribution in [2.75, 3.05) is 47.5 Å². The zero-order valence-electron chi connectivity index (χ0n) is 32.4. The van der Waals surface area contributed by atoms with Crippen molar-refractivity contribution in [3.63, 3.8) is 0 Å². The van der Waals surface area contributed by atoms with Crippen LogP contribution in [0.1, 0.15) is 174 Å². The average molecular weight is 719 g/mol. The maximum atomic E-state index is 12.6. The number of nitrogens with zero attached hydrogens (tertiary/aromatic N) is 1. The quantitative estimate of drug-likeness (QED) is 0.0224. The molecule has 0 amide bonds. The number of phosphoric acid groups is 1. The Morgan fingerprint density at radius 3 is 1.55 bits per heavy atom. The third kappa shape index (κ3) is 36.3. The molecule has 0 fully saturated rings. The first-order valence-electron chi connectivity index (χ1n) is 19.9. The van der Waals surface area contributed by atoms with Crippen LogP contribution in [-0.4, -0.2) is 74.9 Å². The third-order valence-electron chi connectivity index (χ3n) is 8.55. The second kappa shape index (κ2) is 32.6. The van der Waals surface area contributed by atoms with Crippen LogP contribution < -0.4 is 0 Å². The SMILES string of the molecule is CCCCCCCCCCC/C=C/CCCCC(=O)O[C@H](COC(=O)CCCCCCCCCCCC)COP(=O)(O)OCC[N+](C)(C)C. The van der Waals surface area contributed by atoms with E-state index in [9.17, 15) is 19.0 Å². The van der Waals surface area contributed by atoms with Gasteiger partial charge in [0.25, 0.3) is 0 Å². The summed E-state index contributed by atoms with van der Waals surface area (Å²) in [5.41, 5.74) is 0. The second-order valence-electron chi connectivity index (χ2n) is 14.7. The molecule has 2 atom stereocenters. The number of hydrogen-bond acceptors (Lipinski definition) is 7. The van der Waals surface area contributed by atoms with E-state index in [-0.39, 0.29) is 32.0 Å². The van der Waals surface area contributed by atoms with Gasteiger partial charge in [0.2, 0.25) is 0 Å². The molecule has 10 heteroatoms. The number of phosphoric ester groups is 1. The van der Waals surface area contributed by atoms with Crippen LogP contribution in [0.3, 0.4) is 0 Å². The van der Waals surface area contributed by atoms with Gasteiger partial charge in [0.1, 0.15) is 19.8 Å². The lowest BCUT2D eigenvalue weighted by Crippen LogP contribution is -2.37. The molecule has 0 saturated carbocycles.